The Morgan fingerprint density at radius 3 is 2.84 bits per heavy atom. The molecule has 1 heterocycles. The van der Waals surface area contributed by atoms with Crippen LogP contribution in [0, 0.1) is 5.92 Å². The van der Waals surface area contributed by atoms with Crippen molar-refractivity contribution >= 4 is 17.9 Å². The number of cyclic esters (lactones) is 1. The lowest BCUT2D eigenvalue weighted by atomic mass is 9.85. The van der Waals surface area contributed by atoms with E-state index in [4.69, 9.17) is 9.47 Å². The molecule has 3 rings (SSSR count). The van der Waals surface area contributed by atoms with Crippen molar-refractivity contribution in [2.75, 3.05) is 7.11 Å². The zero-order valence-corrected chi connectivity index (χ0v) is 10.8. The van der Waals surface area contributed by atoms with E-state index in [9.17, 15) is 4.79 Å². The standard InChI is InChI=1S/C15H15NO3/c1-18-13-8-3-2-5-11(13)9-12-15(17)19-14(16-12)10-6-4-7-10/h2-3,5,8-10H,4,6-7H2,1H3/b12-9+. The number of hydrogen-bond acceptors (Lipinski definition) is 4. The maximum absolute atomic E-state index is 11.8. The number of methoxy groups -OCH3 is 1. The normalized spacial score (nSPS) is 21.0. The third-order valence-corrected chi connectivity index (χ3v) is 3.52. The Bertz CT molecular complexity index is 571. The molecule has 0 radical (unpaired) electrons. The lowest BCUT2D eigenvalue weighted by Gasteiger charge is -2.23. The van der Waals surface area contributed by atoms with Gasteiger partial charge in [-0.1, -0.05) is 24.6 Å². The summed E-state index contributed by atoms with van der Waals surface area (Å²) in [5.41, 5.74) is 1.18. The fourth-order valence-electron chi connectivity index (χ4n) is 2.19. The van der Waals surface area contributed by atoms with E-state index < -0.39 is 0 Å². The molecule has 98 valence electrons. The molecule has 4 nitrogen and oxygen atoms in total. The Kier molecular flexibility index (Phi) is 3.07. The molecule has 0 bridgehead atoms. The molecule has 0 atom stereocenters. The summed E-state index contributed by atoms with van der Waals surface area (Å²) in [7, 11) is 1.60. The van der Waals surface area contributed by atoms with Crippen LogP contribution in [0.5, 0.6) is 5.75 Å². The van der Waals surface area contributed by atoms with Gasteiger partial charge in [0.05, 0.1) is 7.11 Å². The molecule has 0 unspecified atom stereocenters. The van der Waals surface area contributed by atoms with E-state index in [-0.39, 0.29) is 5.97 Å². The molecule has 0 saturated heterocycles. The van der Waals surface area contributed by atoms with Crippen LogP contribution in [0.3, 0.4) is 0 Å². The molecular weight excluding hydrogens is 242 g/mol. The first-order chi connectivity index (χ1) is 9.28. The summed E-state index contributed by atoms with van der Waals surface area (Å²) in [5, 5.41) is 0. The van der Waals surface area contributed by atoms with Gasteiger partial charge in [0.25, 0.3) is 0 Å². The molecule has 1 aromatic carbocycles. The lowest BCUT2D eigenvalue weighted by molar-refractivity contribution is -0.130. The first-order valence-corrected chi connectivity index (χ1v) is 6.43. The minimum Gasteiger partial charge on any atom is -0.496 e. The average molecular weight is 257 g/mol. The lowest BCUT2D eigenvalue weighted by Crippen LogP contribution is -2.22. The van der Waals surface area contributed by atoms with Gasteiger partial charge >= 0.3 is 5.97 Å². The number of ether oxygens (including phenoxy) is 2. The second-order valence-corrected chi connectivity index (χ2v) is 4.74. The molecule has 0 N–H and O–H groups in total. The van der Waals surface area contributed by atoms with E-state index in [1.165, 1.54) is 6.42 Å². The van der Waals surface area contributed by atoms with E-state index in [1.807, 2.05) is 24.3 Å². The van der Waals surface area contributed by atoms with Crippen molar-refractivity contribution in [2.24, 2.45) is 10.9 Å². The Morgan fingerprint density at radius 1 is 1.37 bits per heavy atom. The largest absolute Gasteiger partial charge is 0.496 e. The number of carbonyl (C=O) groups excluding carboxylic acids is 1. The minimum atomic E-state index is -0.368. The maximum Gasteiger partial charge on any atom is 0.363 e. The zero-order valence-electron chi connectivity index (χ0n) is 10.8. The van der Waals surface area contributed by atoms with Gasteiger partial charge in [-0.15, -0.1) is 0 Å². The predicted octanol–water partition coefficient (Wildman–Crippen LogP) is 2.79. The number of benzene rings is 1. The smallest absolute Gasteiger partial charge is 0.363 e. The third-order valence-electron chi connectivity index (χ3n) is 3.52. The van der Waals surface area contributed by atoms with Crippen molar-refractivity contribution in [1.29, 1.82) is 0 Å². The van der Waals surface area contributed by atoms with Crippen LogP contribution in [-0.4, -0.2) is 19.0 Å². The topological polar surface area (TPSA) is 47.9 Å². The first-order valence-electron chi connectivity index (χ1n) is 6.43. The highest BCUT2D eigenvalue weighted by Crippen LogP contribution is 2.32. The molecule has 2 aliphatic rings. The van der Waals surface area contributed by atoms with Crippen molar-refractivity contribution in [1.82, 2.24) is 0 Å². The Morgan fingerprint density at radius 2 is 2.16 bits per heavy atom. The summed E-state index contributed by atoms with van der Waals surface area (Å²) in [6.07, 6.45) is 5.03. The summed E-state index contributed by atoms with van der Waals surface area (Å²) in [6.45, 7) is 0. The molecule has 1 aromatic rings. The highest BCUT2D eigenvalue weighted by molar-refractivity contribution is 6.08. The summed E-state index contributed by atoms with van der Waals surface area (Å²) < 4.78 is 10.5. The number of aliphatic imine (C=N–C) groups is 1. The number of nitrogens with zero attached hydrogens (tertiary/aromatic N) is 1. The number of para-hydroxylation sites is 1. The van der Waals surface area contributed by atoms with Crippen LogP contribution in [0.25, 0.3) is 6.08 Å². The second-order valence-electron chi connectivity index (χ2n) is 4.74. The number of carbonyl (C=O) groups is 1. The molecule has 19 heavy (non-hydrogen) atoms. The second kappa shape index (κ2) is 4.88. The van der Waals surface area contributed by atoms with Gasteiger partial charge in [0.2, 0.25) is 5.90 Å². The van der Waals surface area contributed by atoms with E-state index in [0.717, 1.165) is 24.2 Å². The average Bonchev–Trinajstić information content (AvgIpc) is 2.69. The number of rotatable bonds is 3. The molecule has 1 saturated carbocycles. The Labute approximate surface area is 111 Å². The van der Waals surface area contributed by atoms with Crippen LogP contribution in [0.2, 0.25) is 0 Å². The fraction of sp³-hybridized carbons (Fsp3) is 0.333. The van der Waals surface area contributed by atoms with Crippen LogP contribution in [0.4, 0.5) is 0 Å². The highest BCUT2D eigenvalue weighted by atomic mass is 16.6. The van der Waals surface area contributed by atoms with Gasteiger partial charge in [0.1, 0.15) is 5.75 Å². The van der Waals surface area contributed by atoms with Crippen molar-refractivity contribution in [3.05, 3.63) is 35.5 Å². The van der Waals surface area contributed by atoms with Crippen molar-refractivity contribution in [2.45, 2.75) is 19.3 Å². The minimum absolute atomic E-state index is 0.326. The van der Waals surface area contributed by atoms with Crippen LogP contribution in [0.1, 0.15) is 24.8 Å². The Balaban J connectivity index is 1.90. The fourth-order valence-corrected chi connectivity index (χ4v) is 2.19. The molecule has 0 amide bonds. The summed E-state index contributed by atoms with van der Waals surface area (Å²) in [5.74, 6) is 1.26. The molecule has 1 aliphatic carbocycles. The molecular formula is C15H15NO3. The van der Waals surface area contributed by atoms with Gasteiger partial charge in [0, 0.05) is 11.5 Å². The van der Waals surface area contributed by atoms with E-state index in [1.54, 1.807) is 13.2 Å². The summed E-state index contributed by atoms with van der Waals surface area (Å²) >= 11 is 0. The molecule has 0 aromatic heterocycles. The van der Waals surface area contributed by atoms with Gasteiger partial charge in [-0.05, 0) is 25.0 Å². The summed E-state index contributed by atoms with van der Waals surface area (Å²) in [4.78, 5) is 16.1. The van der Waals surface area contributed by atoms with Gasteiger partial charge in [-0.25, -0.2) is 9.79 Å². The highest BCUT2D eigenvalue weighted by Gasteiger charge is 2.32. The van der Waals surface area contributed by atoms with Crippen molar-refractivity contribution in [3.8, 4) is 5.75 Å². The van der Waals surface area contributed by atoms with Crippen LogP contribution < -0.4 is 4.74 Å². The SMILES string of the molecule is COc1ccccc1/C=C1/N=C(C2CCC2)OC1=O. The Hall–Kier alpha value is -2.10. The quantitative estimate of drug-likeness (QED) is 0.618. The van der Waals surface area contributed by atoms with Gasteiger partial charge in [-0.2, -0.15) is 0 Å². The predicted molar refractivity (Wildman–Crippen MR) is 71.8 cm³/mol. The van der Waals surface area contributed by atoms with Crippen molar-refractivity contribution < 1.29 is 14.3 Å². The number of esters is 1. The summed E-state index contributed by atoms with van der Waals surface area (Å²) in [6, 6.07) is 7.52. The van der Waals surface area contributed by atoms with Crippen LogP contribution >= 0.6 is 0 Å². The van der Waals surface area contributed by atoms with Gasteiger partial charge in [0.15, 0.2) is 5.70 Å². The van der Waals surface area contributed by atoms with Gasteiger partial charge < -0.3 is 9.47 Å². The third kappa shape index (κ3) is 2.26. The van der Waals surface area contributed by atoms with Gasteiger partial charge in [-0.3, -0.25) is 0 Å². The van der Waals surface area contributed by atoms with E-state index >= 15 is 0 Å². The van der Waals surface area contributed by atoms with E-state index in [0.29, 0.717) is 17.5 Å². The molecule has 1 fully saturated rings. The zero-order chi connectivity index (χ0) is 13.2. The maximum atomic E-state index is 11.8. The molecule has 0 spiro atoms. The monoisotopic (exact) mass is 257 g/mol. The van der Waals surface area contributed by atoms with E-state index in [2.05, 4.69) is 4.99 Å². The van der Waals surface area contributed by atoms with Crippen LogP contribution in [0.15, 0.2) is 35.0 Å². The molecule has 1 aliphatic heterocycles. The number of hydrogen-bond donors (Lipinski definition) is 0. The van der Waals surface area contributed by atoms with Crippen LogP contribution in [-0.2, 0) is 9.53 Å². The first kappa shape index (κ1) is 12.0. The molecule has 4 heteroatoms. The van der Waals surface area contributed by atoms with Crippen molar-refractivity contribution in [3.63, 3.8) is 0 Å².